The molecule has 0 bridgehead atoms. The van der Waals surface area contributed by atoms with Crippen LogP contribution in [0.1, 0.15) is 9.67 Å². The van der Waals surface area contributed by atoms with E-state index in [-0.39, 0.29) is 18.4 Å². The molecule has 0 unspecified atom stereocenters. The van der Waals surface area contributed by atoms with Crippen LogP contribution in [-0.4, -0.2) is 71.4 Å². The fourth-order valence-corrected chi connectivity index (χ4v) is 3.29. The molecule has 24 heavy (non-hydrogen) atoms. The Hall–Kier alpha value is -2.48. The van der Waals surface area contributed by atoms with E-state index in [1.165, 1.54) is 16.2 Å². The molecule has 0 radical (unpaired) electrons. The van der Waals surface area contributed by atoms with Gasteiger partial charge in [-0.15, -0.1) is 11.3 Å². The van der Waals surface area contributed by atoms with Gasteiger partial charge in [-0.1, -0.05) is 6.07 Å². The summed E-state index contributed by atoms with van der Waals surface area (Å²) in [5, 5.41) is 1.85. The molecule has 0 saturated carbocycles. The highest BCUT2D eigenvalue weighted by atomic mass is 32.1. The van der Waals surface area contributed by atoms with Gasteiger partial charge in [-0.05, 0) is 17.5 Å². The second-order valence-electron chi connectivity index (χ2n) is 5.56. The number of piperazine rings is 1. The molecule has 7 nitrogen and oxygen atoms in total. The average Bonchev–Trinajstić information content (AvgIpc) is 3.16. The third-order valence-electron chi connectivity index (χ3n) is 3.92. The lowest BCUT2D eigenvalue weighted by Gasteiger charge is -2.35. The van der Waals surface area contributed by atoms with E-state index in [1.807, 2.05) is 11.4 Å². The van der Waals surface area contributed by atoms with E-state index < -0.39 is 0 Å². The van der Waals surface area contributed by atoms with E-state index in [4.69, 9.17) is 0 Å². The number of hydrogen-bond donors (Lipinski definition) is 0. The molecule has 2 amide bonds. The van der Waals surface area contributed by atoms with Crippen molar-refractivity contribution in [2.45, 2.75) is 0 Å². The van der Waals surface area contributed by atoms with Gasteiger partial charge in [0.15, 0.2) is 0 Å². The van der Waals surface area contributed by atoms with Crippen LogP contribution in [0.2, 0.25) is 0 Å². The zero-order valence-corrected chi connectivity index (χ0v) is 14.3. The van der Waals surface area contributed by atoms with Crippen LogP contribution in [0, 0.1) is 0 Å². The molecule has 1 fully saturated rings. The van der Waals surface area contributed by atoms with Gasteiger partial charge in [-0.2, -0.15) is 0 Å². The van der Waals surface area contributed by atoms with Gasteiger partial charge in [-0.3, -0.25) is 9.59 Å². The topological polar surface area (TPSA) is 69.6 Å². The predicted molar refractivity (Wildman–Crippen MR) is 92.1 cm³/mol. The van der Waals surface area contributed by atoms with Crippen molar-refractivity contribution in [3.8, 4) is 0 Å². The average molecular weight is 345 g/mol. The molecule has 1 aliphatic heterocycles. The van der Waals surface area contributed by atoms with Crippen LogP contribution in [0.25, 0.3) is 0 Å². The Labute approximate surface area is 144 Å². The van der Waals surface area contributed by atoms with Crippen molar-refractivity contribution in [3.05, 3.63) is 40.8 Å². The summed E-state index contributed by atoms with van der Waals surface area (Å²) in [5.41, 5.74) is 0. The van der Waals surface area contributed by atoms with Crippen molar-refractivity contribution < 1.29 is 9.59 Å². The Kier molecular flexibility index (Phi) is 5.05. The second kappa shape index (κ2) is 7.39. The molecule has 1 saturated heterocycles. The Balaban J connectivity index is 1.51. The Morgan fingerprint density at radius 2 is 1.88 bits per heavy atom. The van der Waals surface area contributed by atoms with Crippen LogP contribution in [0.5, 0.6) is 0 Å². The van der Waals surface area contributed by atoms with Gasteiger partial charge in [0.1, 0.15) is 0 Å². The van der Waals surface area contributed by atoms with Crippen LogP contribution in [0.3, 0.4) is 0 Å². The quantitative estimate of drug-likeness (QED) is 0.825. The summed E-state index contributed by atoms with van der Waals surface area (Å²) in [4.78, 5) is 39.0. The van der Waals surface area contributed by atoms with Crippen LogP contribution in [0.15, 0.2) is 36.0 Å². The van der Waals surface area contributed by atoms with Crippen LogP contribution >= 0.6 is 11.3 Å². The number of carbonyl (C=O) groups excluding carboxylic acids is 2. The van der Waals surface area contributed by atoms with E-state index in [9.17, 15) is 9.59 Å². The lowest BCUT2D eigenvalue weighted by atomic mass is 10.3. The van der Waals surface area contributed by atoms with Crippen molar-refractivity contribution >= 4 is 29.1 Å². The number of nitrogens with zero attached hydrogens (tertiary/aromatic N) is 5. The molecule has 3 heterocycles. The first-order valence-corrected chi connectivity index (χ1v) is 8.62. The molecule has 0 aromatic carbocycles. The first kappa shape index (κ1) is 16.4. The van der Waals surface area contributed by atoms with Crippen molar-refractivity contribution in [2.24, 2.45) is 0 Å². The molecule has 0 N–H and O–H groups in total. The highest BCUT2D eigenvalue weighted by Gasteiger charge is 2.24. The molecular formula is C16H19N5O2S. The molecule has 0 spiro atoms. The fourth-order valence-electron chi connectivity index (χ4n) is 2.57. The molecule has 8 heteroatoms. The van der Waals surface area contributed by atoms with Gasteiger partial charge in [-0.25, -0.2) is 9.97 Å². The Morgan fingerprint density at radius 3 is 2.50 bits per heavy atom. The number of thiophene rings is 1. The fraction of sp³-hybridized carbons (Fsp3) is 0.375. The molecule has 126 valence electrons. The number of amides is 2. The number of likely N-dealkylation sites (N-methyl/N-ethyl adjacent to an activating group) is 1. The van der Waals surface area contributed by atoms with Crippen molar-refractivity contribution in [2.75, 3.05) is 44.7 Å². The minimum absolute atomic E-state index is 0.0314. The molecule has 0 aliphatic carbocycles. The number of hydrogen-bond acceptors (Lipinski definition) is 6. The van der Waals surface area contributed by atoms with Gasteiger partial charge < -0.3 is 14.7 Å². The summed E-state index contributed by atoms with van der Waals surface area (Å²) in [7, 11) is 1.66. The molecule has 3 rings (SSSR count). The number of carbonyl (C=O) groups is 2. The summed E-state index contributed by atoms with van der Waals surface area (Å²) in [5.74, 6) is 0.542. The minimum Gasteiger partial charge on any atom is -0.338 e. The predicted octanol–water partition coefficient (Wildman–Crippen LogP) is 0.959. The standard InChI is InChI=1S/C16H19N5O2S/c1-19(15(23)13-4-2-11-24-13)12-14(22)20-7-9-21(10-8-20)16-17-5-3-6-18-16/h2-6,11H,7-10,12H2,1H3. The summed E-state index contributed by atoms with van der Waals surface area (Å²) >= 11 is 1.38. The number of aromatic nitrogens is 2. The van der Waals surface area contributed by atoms with E-state index in [1.54, 1.807) is 36.5 Å². The summed E-state index contributed by atoms with van der Waals surface area (Å²) in [6.07, 6.45) is 3.43. The van der Waals surface area contributed by atoms with Crippen LogP contribution < -0.4 is 4.90 Å². The highest BCUT2D eigenvalue weighted by Crippen LogP contribution is 2.12. The third kappa shape index (κ3) is 3.70. The van der Waals surface area contributed by atoms with Gasteiger partial charge in [0.05, 0.1) is 11.4 Å². The van der Waals surface area contributed by atoms with Gasteiger partial charge >= 0.3 is 0 Å². The van der Waals surface area contributed by atoms with E-state index in [0.29, 0.717) is 37.0 Å². The summed E-state index contributed by atoms with van der Waals surface area (Å²) in [6.45, 7) is 2.70. The first-order chi connectivity index (χ1) is 11.6. The molecular weight excluding hydrogens is 326 g/mol. The van der Waals surface area contributed by atoms with E-state index >= 15 is 0 Å². The number of rotatable bonds is 4. The molecule has 2 aromatic rings. The second-order valence-corrected chi connectivity index (χ2v) is 6.50. The minimum atomic E-state index is -0.116. The van der Waals surface area contributed by atoms with Gasteiger partial charge in [0.2, 0.25) is 11.9 Å². The molecule has 0 atom stereocenters. The Bertz CT molecular complexity index is 684. The summed E-state index contributed by atoms with van der Waals surface area (Å²) < 4.78 is 0. The monoisotopic (exact) mass is 345 g/mol. The van der Waals surface area contributed by atoms with E-state index in [0.717, 1.165) is 0 Å². The SMILES string of the molecule is CN(CC(=O)N1CCN(c2ncccn2)CC1)C(=O)c1cccs1. The normalized spacial score (nSPS) is 14.5. The Morgan fingerprint density at radius 1 is 1.17 bits per heavy atom. The first-order valence-electron chi connectivity index (χ1n) is 7.74. The molecule has 2 aromatic heterocycles. The maximum Gasteiger partial charge on any atom is 0.264 e. The lowest BCUT2D eigenvalue weighted by molar-refractivity contribution is -0.131. The maximum absolute atomic E-state index is 12.4. The van der Waals surface area contributed by atoms with Crippen LogP contribution in [-0.2, 0) is 4.79 Å². The smallest absolute Gasteiger partial charge is 0.264 e. The zero-order chi connectivity index (χ0) is 16.9. The van der Waals surface area contributed by atoms with E-state index in [2.05, 4.69) is 14.9 Å². The highest BCUT2D eigenvalue weighted by molar-refractivity contribution is 7.12. The zero-order valence-electron chi connectivity index (χ0n) is 13.5. The molecule has 1 aliphatic rings. The maximum atomic E-state index is 12.4. The van der Waals surface area contributed by atoms with Crippen molar-refractivity contribution in [1.29, 1.82) is 0 Å². The van der Waals surface area contributed by atoms with Crippen molar-refractivity contribution in [1.82, 2.24) is 19.8 Å². The largest absolute Gasteiger partial charge is 0.338 e. The van der Waals surface area contributed by atoms with Crippen molar-refractivity contribution in [3.63, 3.8) is 0 Å². The van der Waals surface area contributed by atoms with Gasteiger partial charge in [0.25, 0.3) is 5.91 Å². The van der Waals surface area contributed by atoms with Crippen LogP contribution in [0.4, 0.5) is 5.95 Å². The lowest BCUT2D eigenvalue weighted by Crippen LogP contribution is -2.51. The number of anilines is 1. The third-order valence-corrected chi connectivity index (χ3v) is 4.78. The summed E-state index contributed by atoms with van der Waals surface area (Å²) in [6, 6.07) is 5.38. The van der Waals surface area contributed by atoms with Gasteiger partial charge in [0, 0.05) is 45.6 Å².